The molecule has 2 heteroatoms. The standard InChI is InChI=1S/C16H16N2/c1-3-7-13(8-4-1)15-11-12-16(18-17-15)14-9-5-2-6-10-14/h1-10,15-16H,11-12H2. The van der Waals surface area contributed by atoms with Crippen LogP contribution in [0.1, 0.15) is 36.1 Å². The van der Waals surface area contributed by atoms with E-state index in [0.29, 0.717) is 0 Å². The van der Waals surface area contributed by atoms with Crippen molar-refractivity contribution in [1.82, 2.24) is 0 Å². The van der Waals surface area contributed by atoms with E-state index in [9.17, 15) is 0 Å². The molecule has 0 amide bonds. The van der Waals surface area contributed by atoms with Crippen LogP contribution in [0.15, 0.2) is 70.9 Å². The molecule has 1 aliphatic rings. The van der Waals surface area contributed by atoms with E-state index in [1.54, 1.807) is 0 Å². The summed E-state index contributed by atoms with van der Waals surface area (Å²) < 4.78 is 0. The second-order valence-electron chi connectivity index (χ2n) is 4.66. The first-order chi connectivity index (χ1) is 8.93. The van der Waals surface area contributed by atoms with Gasteiger partial charge in [0.15, 0.2) is 0 Å². The van der Waals surface area contributed by atoms with Gasteiger partial charge < -0.3 is 0 Å². The molecule has 0 aromatic heterocycles. The lowest BCUT2D eigenvalue weighted by atomic mass is 9.95. The monoisotopic (exact) mass is 236 g/mol. The van der Waals surface area contributed by atoms with E-state index in [1.165, 1.54) is 11.1 Å². The van der Waals surface area contributed by atoms with Gasteiger partial charge in [0.25, 0.3) is 0 Å². The Hall–Kier alpha value is -1.96. The zero-order chi connectivity index (χ0) is 12.2. The largest absolute Gasteiger partial charge is 0.185 e. The molecule has 2 aromatic carbocycles. The fraction of sp³-hybridized carbons (Fsp3) is 0.250. The van der Waals surface area contributed by atoms with Crippen molar-refractivity contribution in [3.05, 3.63) is 71.8 Å². The van der Waals surface area contributed by atoms with Gasteiger partial charge in [0.1, 0.15) is 0 Å². The minimum Gasteiger partial charge on any atom is -0.185 e. The topological polar surface area (TPSA) is 24.7 Å². The molecular formula is C16H16N2. The highest BCUT2D eigenvalue weighted by Crippen LogP contribution is 2.35. The summed E-state index contributed by atoms with van der Waals surface area (Å²) in [6, 6.07) is 21.3. The van der Waals surface area contributed by atoms with Gasteiger partial charge in [-0.15, -0.1) is 0 Å². The predicted molar refractivity (Wildman–Crippen MR) is 72.5 cm³/mol. The quantitative estimate of drug-likeness (QED) is 0.721. The van der Waals surface area contributed by atoms with Crippen molar-refractivity contribution >= 4 is 0 Å². The third-order valence-corrected chi connectivity index (χ3v) is 3.43. The summed E-state index contributed by atoms with van der Waals surface area (Å²) in [7, 11) is 0. The van der Waals surface area contributed by atoms with Crippen molar-refractivity contribution in [2.24, 2.45) is 10.2 Å². The molecule has 0 bridgehead atoms. The van der Waals surface area contributed by atoms with Crippen LogP contribution in [0.2, 0.25) is 0 Å². The molecule has 0 spiro atoms. The molecule has 0 N–H and O–H groups in total. The normalized spacial score (nSPS) is 22.9. The van der Waals surface area contributed by atoms with Gasteiger partial charge >= 0.3 is 0 Å². The Morgan fingerprint density at radius 2 is 1.00 bits per heavy atom. The fourth-order valence-electron chi connectivity index (χ4n) is 2.41. The minimum absolute atomic E-state index is 0.242. The van der Waals surface area contributed by atoms with Crippen molar-refractivity contribution in [2.45, 2.75) is 24.9 Å². The Labute approximate surface area is 107 Å². The van der Waals surface area contributed by atoms with Gasteiger partial charge in [0.2, 0.25) is 0 Å². The van der Waals surface area contributed by atoms with Crippen LogP contribution in [0.25, 0.3) is 0 Å². The summed E-state index contributed by atoms with van der Waals surface area (Å²) in [6.07, 6.45) is 2.15. The lowest BCUT2D eigenvalue weighted by Gasteiger charge is -2.21. The van der Waals surface area contributed by atoms with Crippen LogP contribution in [-0.2, 0) is 0 Å². The molecule has 1 aliphatic heterocycles. The van der Waals surface area contributed by atoms with E-state index < -0.39 is 0 Å². The fourth-order valence-corrected chi connectivity index (χ4v) is 2.41. The number of azo groups is 1. The Morgan fingerprint density at radius 1 is 0.611 bits per heavy atom. The summed E-state index contributed by atoms with van der Waals surface area (Å²) in [6.45, 7) is 0. The van der Waals surface area contributed by atoms with E-state index in [4.69, 9.17) is 0 Å². The van der Waals surface area contributed by atoms with E-state index in [-0.39, 0.29) is 12.1 Å². The van der Waals surface area contributed by atoms with Crippen LogP contribution in [0.5, 0.6) is 0 Å². The second-order valence-corrected chi connectivity index (χ2v) is 4.66. The summed E-state index contributed by atoms with van der Waals surface area (Å²) >= 11 is 0. The number of hydrogen-bond donors (Lipinski definition) is 0. The van der Waals surface area contributed by atoms with Gasteiger partial charge in [-0.05, 0) is 24.0 Å². The highest BCUT2D eigenvalue weighted by atomic mass is 15.2. The average molecular weight is 236 g/mol. The SMILES string of the molecule is c1ccc(C2CCC(c3ccccc3)N=N2)cc1. The number of hydrogen-bond acceptors (Lipinski definition) is 2. The maximum atomic E-state index is 4.48. The maximum absolute atomic E-state index is 4.48. The molecule has 0 aliphatic carbocycles. The maximum Gasteiger partial charge on any atom is 0.0958 e. The van der Waals surface area contributed by atoms with Crippen LogP contribution in [0.3, 0.4) is 0 Å². The third-order valence-electron chi connectivity index (χ3n) is 3.43. The molecule has 0 fully saturated rings. The van der Waals surface area contributed by atoms with Gasteiger partial charge in [0.05, 0.1) is 12.1 Å². The van der Waals surface area contributed by atoms with Crippen molar-refractivity contribution in [1.29, 1.82) is 0 Å². The zero-order valence-electron chi connectivity index (χ0n) is 10.2. The molecule has 2 nitrogen and oxygen atoms in total. The molecule has 90 valence electrons. The molecule has 2 atom stereocenters. The Kier molecular flexibility index (Phi) is 3.18. The molecule has 0 radical (unpaired) electrons. The highest BCUT2D eigenvalue weighted by molar-refractivity contribution is 5.22. The van der Waals surface area contributed by atoms with Crippen LogP contribution >= 0.6 is 0 Å². The lowest BCUT2D eigenvalue weighted by molar-refractivity contribution is 0.453. The highest BCUT2D eigenvalue weighted by Gasteiger charge is 2.20. The lowest BCUT2D eigenvalue weighted by Crippen LogP contribution is -2.05. The van der Waals surface area contributed by atoms with Gasteiger partial charge in [-0.2, -0.15) is 10.2 Å². The van der Waals surface area contributed by atoms with E-state index in [0.717, 1.165) is 12.8 Å². The average Bonchev–Trinajstić information content (AvgIpc) is 2.49. The van der Waals surface area contributed by atoms with Crippen LogP contribution in [0, 0.1) is 0 Å². The second kappa shape index (κ2) is 5.13. The molecule has 3 rings (SSSR count). The van der Waals surface area contributed by atoms with Gasteiger partial charge in [0, 0.05) is 0 Å². The Balaban J connectivity index is 1.76. The molecule has 0 saturated carbocycles. The van der Waals surface area contributed by atoms with E-state index in [2.05, 4.69) is 58.8 Å². The van der Waals surface area contributed by atoms with Crippen LogP contribution in [0.4, 0.5) is 0 Å². The van der Waals surface area contributed by atoms with E-state index in [1.807, 2.05) is 12.1 Å². The summed E-state index contributed by atoms with van der Waals surface area (Å²) in [5.41, 5.74) is 2.54. The summed E-state index contributed by atoms with van der Waals surface area (Å²) in [5.74, 6) is 0. The van der Waals surface area contributed by atoms with Crippen molar-refractivity contribution in [3.63, 3.8) is 0 Å². The minimum atomic E-state index is 0.242. The Morgan fingerprint density at radius 3 is 1.33 bits per heavy atom. The molecule has 2 aromatic rings. The molecule has 1 heterocycles. The number of benzene rings is 2. The smallest absolute Gasteiger partial charge is 0.0958 e. The Bertz CT molecular complexity index is 470. The number of rotatable bonds is 2. The zero-order valence-corrected chi connectivity index (χ0v) is 10.2. The van der Waals surface area contributed by atoms with Crippen molar-refractivity contribution in [2.75, 3.05) is 0 Å². The first kappa shape index (κ1) is 11.1. The molecular weight excluding hydrogens is 220 g/mol. The first-order valence-electron chi connectivity index (χ1n) is 6.43. The molecule has 2 unspecified atom stereocenters. The summed E-state index contributed by atoms with van der Waals surface area (Å²) in [4.78, 5) is 0. The molecule has 18 heavy (non-hydrogen) atoms. The van der Waals surface area contributed by atoms with Crippen LogP contribution in [-0.4, -0.2) is 0 Å². The van der Waals surface area contributed by atoms with E-state index >= 15 is 0 Å². The first-order valence-corrected chi connectivity index (χ1v) is 6.43. The van der Waals surface area contributed by atoms with Gasteiger partial charge in [-0.25, -0.2) is 0 Å². The summed E-state index contributed by atoms with van der Waals surface area (Å²) in [5, 5.41) is 8.96. The third kappa shape index (κ3) is 2.33. The van der Waals surface area contributed by atoms with Crippen LogP contribution < -0.4 is 0 Å². The number of nitrogens with zero attached hydrogens (tertiary/aromatic N) is 2. The predicted octanol–water partition coefficient (Wildman–Crippen LogP) is 4.72. The molecule has 0 saturated heterocycles. The van der Waals surface area contributed by atoms with Gasteiger partial charge in [-0.3, -0.25) is 0 Å². The van der Waals surface area contributed by atoms with Crippen molar-refractivity contribution < 1.29 is 0 Å². The van der Waals surface area contributed by atoms with Gasteiger partial charge in [-0.1, -0.05) is 60.7 Å². The van der Waals surface area contributed by atoms with Crippen molar-refractivity contribution in [3.8, 4) is 0 Å².